The Hall–Kier alpha value is 0.300. The molecule has 0 aromatic carbocycles. The molecule has 0 saturated carbocycles. The highest BCUT2D eigenvalue weighted by molar-refractivity contribution is 7.79. The molecule has 0 spiro atoms. The van der Waals surface area contributed by atoms with Gasteiger partial charge in [-0.1, -0.05) is 0 Å². The lowest BCUT2D eigenvalue weighted by Crippen LogP contribution is -1.89. The fourth-order valence-corrected chi connectivity index (χ4v) is 0. The van der Waals surface area contributed by atoms with Crippen LogP contribution in [0.3, 0.4) is 0 Å². The first-order valence-electron chi connectivity index (χ1n) is 0.698. The Kier molecular flexibility index (Phi) is 3.94. The molecule has 1 unspecified atom stereocenters. The van der Waals surface area contributed by atoms with Crippen molar-refractivity contribution in [3.05, 3.63) is 0 Å². The SMILES string of the molecule is O=S(=O)(O)O.P.[H+]. The number of hydrogen-bond acceptors (Lipinski definition) is 2. The minimum Gasteiger partial charge on any atom is -0.264 e. The summed E-state index contributed by atoms with van der Waals surface area (Å²) in [4.78, 5) is 0. The van der Waals surface area contributed by atoms with Crippen LogP contribution in [0.4, 0.5) is 0 Å². The maximum atomic E-state index is 8.74. The van der Waals surface area contributed by atoms with Crippen LogP contribution in [0.25, 0.3) is 0 Å². The Labute approximate surface area is 40.2 Å². The molecule has 0 fully saturated rings. The molecule has 0 aromatic rings. The third-order valence-electron chi connectivity index (χ3n) is 0. The molecule has 0 aliphatic rings. The van der Waals surface area contributed by atoms with Crippen LogP contribution in [0.2, 0.25) is 0 Å². The summed E-state index contributed by atoms with van der Waals surface area (Å²) in [5.74, 6) is 0. The second kappa shape index (κ2) is 2.47. The van der Waals surface area contributed by atoms with Crippen LogP contribution < -0.4 is 0 Å². The van der Waals surface area contributed by atoms with Gasteiger partial charge in [-0.25, -0.2) is 0 Å². The van der Waals surface area contributed by atoms with Gasteiger partial charge in [0, 0.05) is 0 Å². The fourth-order valence-electron chi connectivity index (χ4n) is 0. The smallest absolute Gasteiger partial charge is 0.264 e. The summed E-state index contributed by atoms with van der Waals surface area (Å²) in [6.07, 6.45) is 0. The van der Waals surface area contributed by atoms with Gasteiger partial charge in [0.1, 0.15) is 0 Å². The average molecular weight is 133 g/mol. The van der Waals surface area contributed by atoms with E-state index < -0.39 is 10.4 Å². The monoisotopic (exact) mass is 133 g/mol. The van der Waals surface area contributed by atoms with Gasteiger partial charge in [-0.05, 0) is 0 Å². The number of rotatable bonds is 0. The lowest BCUT2D eigenvalue weighted by Gasteiger charge is -1.68. The van der Waals surface area contributed by atoms with Crippen LogP contribution in [0.1, 0.15) is 1.43 Å². The van der Waals surface area contributed by atoms with Crippen molar-refractivity contribution in [3.63, 3.8) is 0 Å². The summed E-state index contributed by atoms with van der Waals surface area (Å²) in [7, 11) is -4.67. The zero-order valence-electron chi connectivity index (χ0n) is 3.83. The summed E-state index contributed by atoms with van der Waals surface area (Å²) in [5, 5.41) is 0. The maximum absolute atomic E-state index is 8.74. The van der Waals surface area contributed by atoms with Crippen molar-refractivity contribution in [3.8, 4) is 0 Å². The minimum absolute atomic E-state index is 0. The van der Waals surface area contributed by atoms with Crippen molar-refractivity contribution < 1.29 is 18.9 Å². The van der Waals surface area contributed by atoms with E-state index in [4.69, 9.17) is 17.5 Å². The summed E-state index contributed by atoms with van der Waals surface area (Å²) in [6, 6.07) is 0. The predicted molar refractivity (Wildman–Crippen MR) is 26.4 cm³/mol. The Morgan fingerprint density at radius 1 is 1.33 bits per heavy atom. The molecule has 1 atom stereocenters. The molecule has 2 N–H and O–H groups in total. The van der Waals surface area contributed by atoms with E-state index in [1.54, 1.807) is 0 Å². The zero-order chi connectivity index (χ0) is 4.50. The van der Waals surface area contributed by atoms with Crippen molar-refractivity contribution >= 4 is 20.3 Å². The Balaban J connectivity index is -0.0000000800. The predicted octanol–water partition coefficient (Wildman–Crippen LogP) is -0.482. The first-order valence-corrected chi connectivity index (χ1v) is 2.10. The maximum Gasteiger partial charge on any atom is 1.00 e. The molecule has 0 rings (SSSR count). The minimum atomic E-state index is -4.67. The molecule has 0 radical (unpaired) electrons. The normalized spacial score (nSPS) is 9.67. The van der Waals surface area contributed by atoms with Crippen molar-refractivity contribution in [1.29, 1.82) is 0 Å². The third-order valence-corrected chi connectivity index (χ3v) is 0. The topological polar surface area (TPSA) is 74.6 Å². The van der Waals surface area contributed by atoms with Crippen LogP contribution in [-0.4, -0.2) is 17.5 Å². The van der Waals surface area contributed by atoms with Gasteiger partial charge in [-0.2, -0.15) is 18.3 Å². The van der Waals surface area contributed by atoms with E-state index in [0.29, 0.717) is 0 Å². The van der Waals surface area contributed by atoms with Crippen molar-refractivity contribution in [1.82, 2.24) is 0 Å². The van der Waals surface area contributed by atoms with E-state index in [0.717, 1.165) is 0 Å². The van der Waals surface area contributed by atoms with Crippen LogP contribution >= 0.6 is 9.90 Å². The second-order valence-electron chi connectivity index (χ2n) is 0.448. The van der Waals surface area contributed by atoms with Gasteiger partial charge in [0.15, 0.2) is 0 Å². The highest BCUT2D eigenvalue weighted by Crippen LogP contribution is 1.59. The molecule has 0 aliphatic carbocycles. The average Bonchev–Trinajstić information content (AvgIpc) is 0.722. The molecule has 0 aromatic heterocycles. The van der Waals surface area contributed by atoms with Crippen LogP contribution in [0.5, 0.6) is 0 Å². The lowest BCUT2D eigenvalue weighted by atomic mass is 15.8. The van der Waals surface area contributed by atoms with E-state index in [1.165, 1.54) is 0 Å². The van der Waals surface area contributed by atoms with Crippen molar-refractivity contribution in [2.75, 3.05) is 0 Å². The van der Waals surface area contributed by atoms with E-state index >= 15 is 0 Å². The van der Waals surface area contributed by atoms with Gasteiger partial charge < -0.3 is 0 Å². The summed E-state index contributed by atoms with van der Waals surface area (Å²) in [6.45, 7) is 0. The largest absolute Gasteiger partial charge is 1.00 e. The summed E-state index contributed by atoms with van der Waals surface area (Å²) >= 11 is 0. The zero-order valence-corrected chi connectivity index (χ0v) is 5.06. The van der Waals surface area contributed by atoms with Gasteiger partial charge in [0.25, 0.3) is 0 Å². The lowest BCUT2D eigenvalue weighted by molar-refractivity contribution is 0.381. The van der Waals surface area contributed by atoms with Crippen LogP contribution in [-0.2, 0) is 10.4 Å². The fraction of sp³-hybridized carbons (Fsp3) is 0. The quantitative estimate of drug-likeness (QED) is 0.345. The Bertz CT molecular complexity index is 94.9. The number of hydrogen-bond donors (Lipinski definition) is 2. The molecular weight excluding hydrogens is 127 g/mol. The van der Waals surface area contributed by atoms with E-state index in [1.807, 2.05) is 0 Å². The molecule has 0 bridgehead atoms. The first-order chi connectivity index (χ1) is 2.00. The molecule has 0 saturated heterocycles. The molecule has 6 heteroatoms. The van der Waals surface area contributed by atoms with Gasteiger partial charge >= 0.3 is 11.8 Å². The highest BCUT2D eigenvalue weighted by Gasteiger charge is 1.84. The van der Waals surface area contributed by atoms with Crippen molar-refractivity contribution in [2.24, 2.45) is 0 Å². The van der Waals surface area contributed by atoms with E-state index in [-0.39, 0.29) is 11.3 Å². The van der Waals surface area contributed by atoms with Gasteiger partial charge in [-0.3, -0.25) is 9.11 Å². The van der Waals surface area contributed by atoms with Crippen LogP contribution in [0, 0.1) is 0 Å². The molecule has 0 aliphatic heterocycles. The molecular formula is H6O4PS+. The first kappa shape index (κ1) is 9.57. The molecule has 0 amide bonds. The molecule has 4 nitrogen and oxygen atoms in total. The Morgan fingerprint density at radius 3 is 1.33 bits per heavy atom. The second-order valence-corrected chi connectivity index (χ2v) is 1.34. The molecule has 40 valence electrons. The standard InChI is InChI=1S/H2O4S.H3P/c1-5(2,3)4;/h(H2,1,2,3,4);1H3/p+1. The van der Waals surface area contributed by atoms with E-state index in [9.17, 15) is 0 Å². The van der Waals surface area contributed by atoms with Gasteiger partial charge in [0.05, 0.1) is 0 Å². The van der Waals surface area contributed by atoms with Crippen LogP contribution in [0.15, 0.2) is 0 Å². The highest BCUT2D eigenvalue weighted by atomic mass is 32.3. The molecule has 0 heterocycles. The summed E-state index contributed by atoms with van der Waals surface area (Å²) in [5.41, 5.74) is 0. The Morgan fingerprint density at radius 2 is 1.33 bits per heavy atom. The van der Waals surface area contributed by atoms with E-state index in [2.05, 4.69) is 0 Å². The summed E-state index contributed by atoms with van der Waals surface area (Å²) < 4.78 is 31.6. The van der Waals surface area contributed by atoms with Gasteiger partial charge in [-0.15, -0.1) is 0 Å². The van der Waals surface area contributed by atoms with Gasteiger partial charge in [0.2, 0.25) is 0 Å². The van der Waals surface area contributed by atoms with Crippen molar-refractivity contribution in [2.45, 2.75) is 0 Å². The molecule has 6 heavy (non-hydrogen) atoms. The third kappa shape index (κ3) is 520.